The molecule has 0 bridgehead atoms. The molecule has 3 rings (SSSR count). The highest BCUT2D eigenvalue weighted by molar-refractivity contribution is 8.01. The van der Waals surface area contributed by atoms with Gasteiger partial charge in [-0.15, -0.1) is 11.3 Å². The van der Waals surface area contributed by atoms with Crippen molar-refractivity contribution in [2.24, 2.45) is 5.73 Å². The molecule has 3 aromatic rings. The summed E-state index contributed by atoms with van der Waals surface area (Å²) in [5, 5.41) is 2.98. The molecule has 28 heavy (non-hydrogen) atoms. The molecular weight excluding hydrogens is 410 g/mol. The van der Waals surface area contributed by atoms with E-state index in [0.717, 1.165) is 30.4 Å². The summed E-state index contributed by atoms with van der Waals surface area (Å²) in [6, 6.07) is 17.8. The van der Waals surface area contributed by atoms with Crippen molar-refractivity contribution >= 4 is 52.4 Å². The van der Waals surface area contributed by atoms with Crippen LogP contribution in [0, 0.1) is 6.92 Å². The minimum absolute atomic E-state index is 0.101. The number of thioether (sulfide) groups is 1. The Morgan fingerprint density at radius 3 is 2.57 bits per heavy atom. The summed E-state index contributed by atoms with van der Waals surface area (Å²) in [7, 11) is 0. The van der Waals surface area contributed by atoms with E-state index in [-0.39, 0.29) is 24.0 Å². The lowest BCUT2D eigenvalue weighted by atomic mass is 10.3. The van der Waals surface area contributed by atoms with E-state index >= 15 is 0 Å². The minimum Gasteiger partial charge on any atom is -0.369 e. The summed E-state index contributed by atoms with van der Waals surface area (Å²) in [6.45, 7) is 1.84. The number of carbonyl (C=O) groups excluding carboxylic acids is 2. The van der Waals surface area contributed by atoms with E-state index in [1.54, 1.807) is 11.8 Å². The molecule has 1 aromatic heterocycles. The third-order valence-electron chi connectivity index (χ3n) is 3.67. The number of amides is 2. The van der Waals surface area contributed by atoms with Crippen molar-refractivity contribution in [2.45, 2.75) is 27.5 Å². The Bertz CT molecular complexity index is 974. The third-order valence-corrected chi connectivity index (χ3v) is 7.05. The summed E-state index contributed by atoms with van der Waals surface area (Å²) >= 11 is 4.37. The van der Waals surface area contributed by atoms with Crippen LogP contribution >= 0.6 is 34.9 Å². The van der Waals surface area contributed by atoms with Gasteiger partial charge in [0.1, 0.15) is 0 Å². The van der Waals surface area contributed by atoms with Crippen LogP contribution in [0.4, 0.5) is 5.69 Å². The van der Waals surface area contributed by atoms with Crippen molar-refractivity contribution in [1.29, 1.82) is 0 Å². The predicted octanol–water partition coefficient (Wildman–Crippen LogP) is 4.36. The Morgan fingerprint density at radius 1 is 1.11 bits per heavy atom. The molecule has 2 aromatic carbocycles. The van der Waals surface area contributed by atoms with Gasteiger partial charge in [0.05, 0.1) is 23.6 Å². The number of hydrogen-bond acceptors (Lipinski definition) is 6. The molecular formula is C20H19N3O2S3. The smallest absolute Gasteiger partial charge is 0.234 e. The van der Waals surface area contributed by atoms with Crippen LogP contribution in [-0.2, 0) is 16.0 Å². The quantitative estimate of drug-likeness (QED) is 0.520. The number of aromatic nitrogens is 1. The molecule has 0 radical (unpaired) electrons. The first kappa shape index (κ1) is 20.4. The lowest BCUT2D eigenvalue weighted by Crippen LogP contribution is -2.14. The molecule has 3 N–H and O–H groups in total. The summed E-state index contributed by atoms with van der Waals surface area (Å²) in [6.07, 6.45) is 0.181. The molecule has 5 nitrogen and oxygen atoms in total. The molecule has 8 heteroatoms. The number of carbonyl (C=O) groups is 2. The van der Waals surface area contributed by atoms with E-state index in [1.807, 2.05) is 61.5 Å². The van der Waals surface area contributed by atoms with Gasteiger partial charge in [-0.1, -0.05) is 53.9 Å². The number of benzene rings is 2. The number of nitrogens with one attached hydrogen (secondary N) is 1. The van der Waals surface area contributed by atoms with Gasteiger partial charge >= 0.3 is 0 Å². The van der Waals surface area contributed by atoms with Gasteiger partial charge in [0.25, 0.3) is 0 Å². The first-order valence-corrected chi connectivity index (χ1v) is 11.1. The average Bonchev–Trinajstić information content (AvgIpc) is 3.01. The molecule has 1 heterocycles. The van der Waals surface area contributed by atoms with Crippen molar-refractivity contribution in [3.63, 3.8) is 0 Å². The Kier molecular flexibility index (Phi) is 7.13. The molecule has 0 saturated carbocycles. The minimum atomic E-state index is -0.381. The van der Waals surface area contributed by atoms with Gasteiger partial charge in [-0.25, -0.2) is 4.98 Å². The molecule has 0 aliphatic carbocycles. The fourth-order valence-corrected chi connectivity index (χ4v) is 5.34. The highest BCUT2D eigenvalue weighted by atomic mass is 32.2. The number of thiazole rings is 1. The zero-order valence-electron chi connectivity index (χ0n) is 15.2. The first-order valence-electron chi connectivity index (χ1n) is 8.50. The lowest BCUT2D eigenvalue weighted by molar-refractivity contribution is -0.117. The number of nitrogens with zero attached hydrogens (tertiary/aromatic N) is 1. The summed E-state index contributed by atoms with van der Waals surface area (Å²) in [5.41, 5.74) is 6.82. The van der Waals surface area contributed by atoms with Gasteiger partial charge in [0.15, 0.2) is 4.34 Å². The molecule has 0 unspecified atom stereocenters. The van der Waals surface area contributed by atoms with E-state index in [1.165, 1.54) is 23.1 Å². The maximum absolute atomic E-state index is 12.4. The standard InChI is InChI=1S/C20H19N3O2S3/c1-13-17(11-18(21)24)28-20(22-13)26-12-19(25)23-15-9-5-6-10-16(15)27-14-7-3-2-4-8-14/h2-10H,11-12H2,1H3,(H2,21,24)(H,23,25). The zero-order valence-corrected chi connectivity index (χ0v) is 17.6. The van der Waals surface area contributed by atoms with Crippen molar-refractivity contribution in [3.05, 3.63) is 65.2 Å². The number of rotatable bonds is 8. The number of nitrogens with two attached hydrogens (primary N) is 1. The average molecular weight is 430 g/mol. The van der Waals surface area contributed by atoms with E-state index in [2.05, 4.69) is 10.3 Å². The van der Waals surface area contributed by atoms with Crippen LogP contribution in [0.1, 0.15) is 10.6 Å². The van der Waals surface area contributed by atoms with Crippen molar-refractivity contribution in [1.82, 2.24) is 4.98 Å². The summed E-state index contributed by atoms with van der Waals surface area (Å²) in [5.74, 6) is -0.239. The van der Waals surface area contributed by atoms with Crippen molar-refractivity contribution in [2.75, 3.05) is 11.1 Å². The monoisotopic (exact) mass is 429 g/mol. The van der Waals surface area contributed by atoms with E-state index in [9.17, 15) is 9.59 Å². The maximum atomic E-state index is 12.4. The van der Waals surface area contributed by atoms with Gasteiger partial charge in [-0.2, -0.15) is 0 Å². The van der Waals surface area contributed by atoms with E-state index < -0.39 is 0 Å². The first-order chi connectivity index (χ1) is 13.5. The van der Waals surface area contributed by atoms with Crippen LogP contribution < -0.4 is 11.1 Å². The molecule has 0 fully saturated rings. The Labute approximate surface area is 176 Å². The highest BCUT2D eigenvalue weighted by Crippen LogP contribution is 2.33. The normalized spacial score (nSPS) is 10.6. The summed E-state index contributed by atoms with van der Waals surface area (Å²) < 4.78 is 0.760. The number of primary amides is 1. The van der Waals surface area contributed by atoms with Gasteiger partial charge in [0, 0.05) is 14.7 Å². The van der Waals surface area contributed by atoms with Crippen LogP contribution in [0.5, 0.6) is 0 Å². The molecule has 0 aliphatic rings. The second kappa shape index (κ2) is 9.77. The van der Waals surface area contributed by atoms with Crippen LogP contribution in [0.3, 0.4) is 0 Å². The highest BCUT2D eigenvalue weighted by Gasteiger charge is 2.13. The largest absolute Gasteiger partial charge is 0.369 e. The SMILES string of the molecule is Cc1nc(SCC(=O)Nc2ccccc2Sc2ccccc2)sc1CC(N)=O. The topological polar surface area (TPSA) is 85.1 Å². The second-order valence-electron chi connectivity index (χ2n) is 5.88. The predicted molar refractivity (Wildman–Crippen MR) is 116 cm³/mol. The van der Waals surface area contributed by atoms with E-state index in [0.29, 0.717) is 0 Å². The van der Waals surface area contributed by atoms with Crippen molar-refractivity contribution < 1.29 is 9.59 Å². The molecule has 0 aliphatic heterocycles. The van der Waals surface area contributed by atoms with Crippen molar-refractivity contribution in [3.8, 4) is 0 Å². The Morgan fingerprint density at radius 2 is 1.82 bits per heavy atom. The van der Waals surface area contributed by atoms with Crippen LogP contribution in [0.25, 0.3) is 0 Å². The Balaban J connectivity index is 1.60. The van der Waals surface area contributed by atoms with Gasteiger partial charge in [0.2, 0.25) is 11.8 Å². The fourth-order valence-electron chi connectivity index (χ4n) is 2.37. The lowest BCUT2D eigenvalue weighted by Gasteiger charge is -2.10. The molecule has 2 amide bonds. The van der Waals surface area contributed by atoms with Crippen LogP contribution in [0.2, 0.25) is 0 Å². The number of anilines is 1. The zero-order chi connectivity index (χ0) is 19.9. The molecule has 144 valence electrons. The third kappa shape index (κ3) is 5.85. The second-order valence-corrected chi connectivity index (χ2v) is 9.30. The molecule has 0 atom stereocenters. The van der Waals surface area contributed by atoms with E-state index in [4.69, 9.17) is 5.73 Å². The van der Waals surface area contributed by atoms with Gasteiger partial charge < -0.3 is 11.1 Å². The Hall–Kier alpha value is -2.29. The summed E-state index contributed by atoms with van der Waals surface area (Å²) in [4.78, 5) is 30.9. The van der Waals surface area contributed by atoms with Crippen LogP contribution in [-0.4, -0.2) is 22.6 Å². The number of hydrogen-bond donors (Lipinski definition) is 2. The fraction of sp³-hybridized carbons (Fsp3) is 0.150. The molecule has 0 saturated heterocycles. The van der Waals surface area contributed by atoms with Gasteiger partial charge in [-0.3, -0.25) is 9.59 Å². The number of para-hydroxylation sites is 1. The maximum Gasteiger partial charge on any atom is 0.234 e. The number of aryl methyl sites for hydroxylation is 1. The van der Waals surface area contributed by atoms with Gasteiger partial charge in [-0.05, 0) is 31.2 Å². The molecule has 0 spiro atoms. The van der Waals surface area contributed by atoms with Crippen LogP contribution in [0.15, 0.2) is 68.7 Å².